The van der Waals surface area contributed by atoms with Crippen LogP contribution in [-0.4, -0.2) is 28.0 Å². The van der Waals surface area contributed by atoms with Gasteiger partial charge in [-0.2, -0.15) is 16.2 Å². The maximum Gasteiger partial charge on any atom is 0.217 e. The molecule has 0 saturated heterocycles. The van der Waals surface area contributed by atoms with E-state index in [1.807, 2.05) is 6.08 Å². The van der Waals surface area contributed by atoms with E-state index in [2.05, 4.69) is 21.9 Å². The zero-order chi connectivity index (χ0) is 10.2. The number of aromatic nitrogens is 2. The van der Waals surface area contributed by atoms with E-state index >= 15 is 0 Å². The van der Waals surface area contributed by atoms with Crippen LogP contribution < -0.4 is 5.32 Å². The second-order valence-corrected chi connectivity index (χ2v) is 3.67. The molecule has 0 bridgehead atoms. The van der Waals surface area contributed by atoms with Crippen molar-refractivity contribution in [1.82, 2.24) is 9.97 Å². The Hall–Kier alpha value is -1.10. The Kier molecular flexibility index (Phi) is 4.99. The zero-order valence-corrected chi connectivity index (χ0v) is 8.56. The number of rotatable bonds is 6. The normalized spacial score (nSPS) is 9.79. The van der Waals surface area contributed by atoms with Gasteiger partial charge in [0.25, 0.3) is 0 Å². The molecule has 0 atom stereocenters. The lowest BCUT2D eigenvalue weighted by Gasteiger charge is -2.03. The van der Waals surface area contributed by atoms with Crippen molar-refractivity contribution in [2.75, 3.05) is 23.4 Å². The SMILES string of the molecule is C=CCSCCNc1cc(F)ncn1. The molecule has 0 aromatic carbocycles. The van der Waals surface area contributed by atoms with Gasteiger partial charge in [0.2, 0.25) is 5.95 Å². The average Bonchev–Trinajstić information content (AvgIpc) is 2.18. The number of thioether (sulfide) groups is 1. The summed E-state index contributed by atoms with van der Waals surface area (Å²) in [4.78, 5) is 7.23. The van der Waals surface area contributed by atoms with Crippen LogP contribution in [0, 0.1) is 5.95 Å². The molecular weight excluding hydrogens is 201 g/mol. The van der Waals surface area contributed by atoms with Crippen LogP contribution in [0.4, 0.5) is 10.2 Å². The van der Waals surface area contributed by atoms with Gasteiger partial charge in [-0.05, 0) is 0 Å². The first kappa shape index (κ1) is 11.0. The molecule has 0 spiro atoms. The van der Waals surface area contributed by atoms with Crippen LogP contribution in [0.5, 0.6) is 0 Å². The van der Waals surface area contributed by atoms with Gasteiger partial charge in [-0.3, -0.25) is 0 Å². The lowest BCUT2D eigenvalue weighted by atomic mass is 10.5. The highest BCUT2D eigenvalue weighted by molar-refractivity contribution is 7.99. The van der Waals surface area contributed by atoms with Gasteiger partial charge >= 0.3 is 0 Å². The maximum atomic E-state index is 12.6. The van der Waals surface area contributed by atoms with Gasteiger partial charge in [0.1, 0.15) is 12.1 Å². The molecular formula is C9H12FN3S. The largest absolute Gasteiger partial charge is 0.369 e. The van der Waals surface area contributed by atoms with E-state index in [4.69, 9.17) is 0 Å². The van der Waals surface area contributed by atoms with Crippen LogP contribution in [0.2, 0.25) is 0 Å². The Morgan fingerprint density at radius 1 is 1.57 bits per heavy atom. The minimum Gasteiger partial charge on any atom is -0.369 e. The Labute approximate surface area is 86.8 Å². The summed E-state index contributed by atoms with van der Waals surface area (Å²) in [5.41, 5.74) is 0. The van der Waals surface area contributed by atoms with Crippen LogP contribution in [0.15, 0.2) is 25.0 Å². The molecule has 0 fully saturated rings. The minimum absolute atomic E-state index is 0.513. The lowest BCUT2D eigenvalue weighted by Crippen LogP contribution is -2.06. The molecule has 0 amide bonds. The molecule has 76 valence electrons. The van der Waals surface area contributed by atoms with Gasteiger partial charge in [0, 0.05) is 24.1 Å². The van der Waals surface area contributed by atoms with E-state index in [0.29, 0.717) is 5.82 Å². The van der Waals surface area contributed by atoms with Gasteiger partial charge in [-0.25, -0.2) is 9.97 Å². The average molecular weight is 213 g/mol. The highest BCUT2D eigenvalue weighted by atomic mass is 32.2. The number of hydrogen-bond donors (Lipinski definition) is 1. The first-order valence-electron chi connectivity index (χ1n) is 4.23. The second kappa shape index (κ2) is 6.37. The van der Waals surface area contributed by atoms with Gasteiger partial charge in [0.05, 0.1) is 0 Å². The first-order chi connectivity index (χ1) is 6.83. The van der Waals surface area contributed by atoms with Crippen molar-refractivity contribution in [2.24, 2.45) is 0 Å². The lowest BCUT2D eigenvalue weighted by molar-refractivity contribution is 0.580. The third kappa shape index (κ3) is 4.23. The van der Waals surface area contributed by atoms with Crippen molar-refractivity contribution < 1.29 is 4.39 Å². The van der Waals surface area contributed by atoms with Crippen LogP contribution in [0.1, 0.15) is 0 Å². The van der Waals surface area contributed by atoms with Crippen molar-refractivity contribution >= 4 is 17.6 Å². The number of nitrogens with one attached hydrogen (secondary N) is 1. The molecule has 0 aliphatic carbocycles. The fourth-order valence-electron chi connectivity index (χ4n) is 0.848. The Morgan fingerprint density at radius 3 is 3.14 bits per heavy atom. The summed E-state index contributed by atoms with van der Waals surface area (Å²) >= 11 is 1.76. The number of hydrogen-bond acceptors (Lipinski definition) is 4. The number of halogens is 1. The highest BCUT2D eigenvalue weighted by Crippen LogP contribution is 2.03. The monoisotopic (exact) mass is 213 g/mol. The zero-order valence-electron chi connectivity index (χ0n) is 7.74. The van der Waals surface area contributed by atoms with Crippen LogP contribution in [0.25, 0.3) is 0 Å². The molecule has 1 aromatic heterocycles. The summed E-state index contributed by atoms with van der Waals surface area (Å²) in [5, 5.41) is 3.00. The molecule has 1 heterocycles. The van der Waals surface area contributed by atoms with E-state index in [0.717, 1.165) is 18.1 Å². The topological polar surface area (TPSA) is 37.8 Å². The summed E-state index contributed by atoms with van der Waals surface area (Å²) in [7, 11) is 0. The summed E-state index contributed by atoms with van der Waals surface area (Å²) in [5.74, 6) is 1.88. The van der Waals surface area contributed by atoms with Crippen molar-refractivity contribution in [3.05, 3.63) is 31.0 Å². The molecule has 1 N–H and O–H groups in total. The second-order valence-electron chi connectivity index (χ2n) is 2.52. The van der Waals surface area contributed by atoms with Crippen LogP contribution in [-0.2, 0) is 0 Å². The molecule has 5 heteroatoms. The molecule has 0 aliphatic heterocycles. The molecule has 0 aliphatic rings. The van der Waals surface area contributed by atoms with Crippen LogP contribution >= 0.6 is 11.8 Å². The van der Waals surface area contributed by atoms with Gasteiger partial charge in [-0.15, -0.1) is 6.58 Å². The molecule has 1 rings (SSSR count). The van der Waals surface area contributed by atoms with Crippen molar-refractivity contribution in [3.63, 3.8) is 0 Å². The fraction of sp³-hybridized carbons (Fsp3) is 0.333. The number of nitrogens with zero attached hydrogens (tertiary/aromatic N) is 2. The first-order valence-corrected chi connectivity index (χ1v) is 5.38. The third-order valence-electron chi connectivity index (χ3n) is 1.42. The minimum atomic E-state index is -0.513. The molecule has 1 aromatic rings. The summed E-state index contributed by atoms with van der Waals surface area (Å²) < 4.78 is 12.6. The van der Waals surface area contributed by atoms with Gasteiger partial charge in [-0.1, -0.05) is 6.08 Å². The van der Waals surface area contributed by atoms with Crippen molar-refractivity contribution in [2.45, 2.75) is 0 Å². The van der Waals surface area contributed by atoms with E-state index in [9.17, 15) is 4.39 Å². The van der Waals surface area contributed by atoms with E-state index < -0.39 is 5.95 Å². The number of anilines is 1. The Morgan fingerprint density at radius 2 is 2.43 bits per heavy atom. The fourth-order valence-corrected chi connectivity index (χ4v) is 1.43. The van der Waals surface area contributed by atoms with E-state index in [-0.39, 0.29) is 0 Å². The molecule has 0 unspecified atom stereocenters. The predicted molar refractivity (Wildman–Crippen MR) is 58.0 cm³/mol. The van der Waals surface area contributed by atoms with Gasteiger partial charge < -0.3 is 5.32 Å². The molecule has 0 radical (unpaired) electrons. The highest BCUT2D eigenvalue weighted by Gasteiger charge is 1.95. The van der Waals surface area contributed by atoms with E-state index in [1.54, 1.807) is 11.8 Å². The maximum absolute atomic E-state index is 12.6. The summed E-state index contributed by atoms with van der Waals surface area (Å²) in [6.45, 7) is 4.38. The Balaban J connectivity index is 2.21. The molecule has 0 saturated carbocycles. The standard InChI is InChI=1S/C9H12FN3S/c1-2-4-14-5-3-11-9-6-8(10)12-7-13-9/h2,6-7H,1,3-5H2,(H,11,12,13). The van der Waals surface area contributed by atoms with Crippen molar-refractivity contribution in [3.8, 4) is 0 Å². The Bertz CT molecular complexity index is 293. The third-order valence-corrected chi connectivity index (χ3v) is 2.39. The quantitative estimate of drug-likeness (QED) is 0.445. The smallest absolute Gasteiger partial charge is 0.217 e. The van der Waals surface area contributed by atoms with Crippen molar-refractivity contribution in [1.29, 1.82) is 0 Å². The van der Waals surface area contributed by atoms with E-state index in [1.165, 1.54) is 12.4 Å². The van der Waals surface area contributed by atoms with Crippen LogP contribution in [0.3, 0.4) is 0 Å². The molecule has 14 heavy (non-hydrogen) atoms. The summed E-state index contributed by atoms with van der Waals surface area (Å²) in [6.07, 6.45) is 3.06. The summed E-state index contributed by atoms with van der Waals surface area (Å²) in [6, 6.07) is 1.28. The van der Waals surface area contributed by atoms with Gasteiger partial charge in [0.15, 0.2) is 0 Å². The molecule has 3 nitrogen and oxygen atoms in total. The predicted octanol–water partition coefficient (Wildman–Crippen LogP) is 1.95.